The van der Waals surface area contributed by atoms with Gasteiger partial charge in [0.1, 0.15) is 0 Å². The summed E-state index contributed by atoms with van der Waals surface area (Å²) in [7, 11) is 4.19. The van der Waals surface area contributed by atoms with Crippen LogP contribution in [0.4, 0.5) is 0 Å². The molecule has 1 aliphatic heterocycles. The molecular formula is C14H22N4. The Morgan fingerprint density at radius 3 is 2.83 bits per heavy atom. The molecule has 1 aromatic carbocycles. The maximum absolute atomic E-state index is 4.56. The van der Waals surface area contributed by atoms with Crippen molar-refractivity contribution in [3.63, 3.8) is 0 Å². The van der Waals surface area contributed by atoms with Crippen LogP contribution in [0, 0.1) is 0 Å². The van der Waals surface area contributed by atoms with Crippen molar-refractivity contribution in [3.05, 3.63) is 35.4 Å². The van der Waals surface area contributed by atoms with Gasteiger partial charge in [-0.15, -0.1) is 0 Å². The average molecular weight is 246 g/mol. The summed E-state index contributed by atoms with van der Waals surface area (Å²) in [5, 5.41) is 6.72. The van der Waals surface area contributed by atoms with E-state index in [0.717, 1.165) is 38.6 Å². The van der Waals surface area contributed by atoms with Gasteiger partial charge in [0.2, 0.25) is 0 Å². The quantitative estimate of drug-likeness (QED) is 0.784. The van der Waals surface area contributed by atoms with Gasteiger partial charge in [-0.3, -0.25) is 0 Å². The normalized spacial score (nSPS) is 14.5. The lowest BCUT2D eigenvalue weighted by molar-refractivity contribution is 0.399. The summed E-state index contributed by atoms with van der Waals surface area (Å²) in [6, 6.07) is 8.46. The van der Waals surface area contributed by atoms with Gasteiger partial charge >= 0.3 is 0 Å². The number of hydrogen-bond donors (Lipinski definition) is 2. The Kier molecular flexibility index (Phi) is 4.59. The van der Waals surface area contributed by atoms with Crippen molar-refractivity contribution < 1.29 is 0 Å². The van der Waals surface area contributed by atoms with Crippen molar-refractivity contribution in [2.45, 2.75) is 19.5 Å². The van der Waals surface area contributed by atoms with E-state index in [2.05, 4.69) is 58.9 Å². The van der Waals surface area contributed by atoms with Crippen LogP contribution in [0.2, 0.25) is 0 Å². The van der Waals surface area contributed by atoms with Crippen LogP contribution < -0.4 is 10.6 Å². The molecule has 2 N–H and O–H groups in total. The van der Waals surface area contributed by atoms with Gasteiger partial charge in [-0.05, 0) is 38.2 Å². The summed E-state index contributed by atoms with van der Waals surface area (Å²) in [4.78, 5) is 6.76. The molecule has 1 heterocycles. The van der Waals surface area contributed by atoms with Gasteiger partial charge in [0, 0.05) is 13.1 Å². The number of nitrogens with one attached hydrogen (secondary N) is 2. The van der Waals surface area contributed by atoms with Crippen LogP contribution in [-0.2, 0) is 13.1 Å². The molecule has 0 saturated heterocycles. The molecule has 0 amide bonds. The summed E-state index contributed by atoms with van der Waals surface area (Å²) in [6.07, 6.45) is 1.13. The Bertz CT molecular complexity index is 412. The molecule has 98 valence electrons. The highest BCUT2D eigenvalue weighted by Gasteiger charge is 2.07. The molecule has 0 fully saturated rings. The molecule has 0 atom stereocenters. The zero-order valence-corrected chi connectivity index (χ0v) is 11.2. The predicted octanol–water partition coefficient (Wildman–Crippen LogP) is 1.19. The maximum atomic E-state index is 4.56. The first-order chi connectivity index (χ1) is 8.75. The first kappa shape index (κ1) is 12.9. The summed E-state index contributed by atoms with van der Waals surface area (Å²) < 4.78 is 0. The van der Waals surface area contributed by atoms with E-state index in [4.69, 9.17) is 0 Å². The standard InChI is InChI=1S/C14H22N4/c1-18(2)9-5-8-15-14-16-10-12-6-3-4-7-13(12)11-17-14/h3-4,6-7H,5,8-11H2,1-2H3,(H2,15,16,17). The summed E-state index contributed by atoms with van der Waals surface area (Å²) >= 11 is 0. The lowest BCUT2D eigenvalue weighted by Gasteiger charge is -2.12. The number of rotatable bonds is 4. The fraction of sp³-hybridized carbons (Fsp3) is 0.500. The first-order valence-corrected chi connectivity index (χ1v) is 6.49. The Morgan fingerprint density at radius 1 is 1.28 bits per heavy atom. The second kappa shape index (κ2) is 6.40. The molecule has 4 heteroatoms. The van der Waals surface area contributed by atoms with E-state index in [1.165, 1.54) is 11.1 Å². The zero-order chi connectivity index (χ0) is 12.8. The molecule has 4 nitrogen and oxygen atoms in total. The van der Waals surface area contributed by atoms with Gasteiger partial charge < -0.3 is 15.5 Å². The highest BCUT2D eigenvalue weighted by Crippen LogP contribution is 2.11. The van der Waals surface area contributed by atoms with Crippen molar-refractivity contribution in [3.8, 4) is 0 Å². The molecule has 0 unspecified atom stereocenters. The molecular weight excluding hydrogens is 224 g/mol. The highest BCUT2D eigenvalue weighted by molar-refractivity contribution is 5.80. The predicted molar refractivity (Wildman–Crippen MR) is 75.6 cm³/mol. The number of guanidine groups is 1. The van der Waals surface area contributed by atoms with Gasteiger partial charge in [-0.25, -0.2) is 4.99 Å². The topological polar surface area (TPSA) is 39.7 Å². The number of aliphatic imine (C=N–C) groups is 1. The summed E-state index contributed by atoms with van der Waals surface area (Å²) in [5.74, 6) is 0.921. The Hall–Kier alpha value is -1.55. The van der Waals surface area contributed by atoms with Crippen LogP contribution in [0.5, 0.6) is 0 Å². The van der Waals surface area contributed by atoms with Gasteiger partial charge in [0.15, 0.2) is 5.96 Å². The smallest absolute Gasteiger partial charge is 0.191 e. The third-order valence-corrected chi connectivity index (χ3v) is 3.05. The van der Waals surface area contributed by atoms with Gasteiger partial charge in [0.05, 0.1) is 6.54 Å². The Labute approximate surface area is 109 Å². The highest BCUT2D eigenvalue weighted by atomic mass is 15.2. The minimum atomic E-state index is 0.763. The van der Waals surface area contributed by atoms with Crippen molar-refractivity contribution in [1.82, 2.24) is 15.5 Å². The number of nitrogens with zero attached hydrogens (tertiary/aromatic N) is 2. The second-order valence-electron chi connectivity index (χ2n) is 4.87. The van der Waals surface area contributed by atoms with Crippen LogP contribution >= 0.6 is 0 Å². The van der Waals surface area contributed by atoms with Crippen molar-refractivity contribution in [2.24, 2.45) is 4.99 Å². The first-order valence-electron chi connectivity index (χ1n) is 6.49. The summed E-state index contributed by atoms with van der Waals surface area (Å²) in [6.45, 7) is 3.68. The van der Waals surface area contributed by atoms with E-state index in [1.807, 2.05) is 0 Å². The SMILES string of the molecule is CN(C)CCCNC1=NCc2ccccc2CN1. The number of benzene rings is 1. The van der Waals surface area contributed by atoms with Gasteiger partial charge in [-0.2, -0.15) is 0 Å². The van der Waals surface area contributed by atoms with Gasteiger partial charge in [0.25, 0.3) is 0 Å². The van der Waals surface area contributed by atoms with Crippen LogP contribution in [0.15, 0.2) is 29.3 Å². The third kappa shape index (κ3) is 3.74. The molecule has 1 aromatic rings. The monoisotopic (exact) mass is 246 g/mol. The van der Waals surface area contributed by atoms with E-state index >= 15 is 0 Å². The molecule has 18 heavy (non-hydrogen) atoms. The van der Waals surface area contributed by atoms with Crippen LogP contribution in [-0.4, -0.2) is 38.0 Å². The van der Waals surface area contributed by atoms with E-state index in [-0.39, 0.29) is 0 Å². The molecule has 0 aliphatic carbocycles. The van der Waals surface area contributed by atoms with Gasteiger partial charge in [-0.1, -0.05) is 24.3 Å². The van der Waals surface area contributed by atoms with Crippen LogP contribution in [0.3, 0.4) is 0 Å². The zero-order valence-electron chi connectivity index (χ0n) is 11.2. The van der Waals surface area contributed by atoms with E-state index in [9.17, 15) is 0 Å². The number of hydrogen-bond acceptors (Lipinski definition) is 4. The van der Waals surface area contributed by atoms with E-state index in [0.29, 0.717) is 0 Å². The number of fused-ring (bicyclic) bond motifs is 1. The third-order valence-electron chi connectivity index (χ3n) is 3.05. The molecule has 2 rings (SSSR count). The van der Waals surface area contributed by atoms with Crippen LogP contribution in [0.1, 0.15) is 17.5 Å². The minimum Gasteiger partial charge on any atom is -0.356 e. The summed E-state index contributed by atoms with van der Waals surface area (Å²) in [5.41, 5.74) is 2.65. The largest absolute Gasteiger partial charge is 0.356 e. The van der Waals surface area contributed by atoms with Crippen LogP contribution in [0.25, 0.3) is 0 Å². The Balaban J connectivity index is 1.81. The molecule has 0 radical (unpaired) electrons. The average Bonchev–Trinajstić information content (AvgIpc) is 2.57. The fourth-order valence-corrected chi connectivity index (χ4v) is 2.00. The molecule has 0 bridgehead atoms. The van der Waals surface area contributed by atoms with Crippen molar-refractivity contribution in [2.75, 3.05) is 27.2 Å². The molecule has 0 saturated carbocycles. The molecule has 0 aromatic heterocycles. The lowest BCUT2D eigenvalue weighted by atomic mass is 10.1. The van der Waals surface area contributed by atoms with Crippen molar-refractivity contribution in [1.29, 1.82) is 0 Å². The maximum Gasteiger partial charge on any atom is 0.191 e. The van der Waals surface area contributed by atoms with E-state index < -0.39 is 0 Å². The van der Waals surface area contributed by atoms with Crippen molar-refractivity contribution >= 4 is 5.96 Å². The minimum absolute atomic E-state index is 0.763. The molecule has 0 spiro atoms. The Morgan fingerprint density at radius 2 is 2.06 bits per heavy atom. The molecule has 1 aliphatic rings. The van der Waals surface area contributed by atoms with E-state index in [1.54, 1.807) is 0 Å². The second-order valence-corrected chi connectivity index (χ2v) is 4.87. The lowest BCUT2D eigenvalue weighted by Crippen LogP contribution is -2.37. The fourth-order valence-electron chi connectivity index (χ4n) is 2.00.